The standard InChI is InChI=1S/C62H72N2O4S4/c1-41(2)11-9-13-43(5)35-39-67-49-20-16-47(17-21-49)33-37-63-46(8)58-59(62(63)66)60(64(61(58)65)38-34-48-18-22-50(23-19-48)68-40-36-44(6)14-10-12-42(3)4)57-32-31-56(72-57)55-30-27-52(71-55)25-24-51-26-29-54(70-51)53-28-15-45(7)69-53/h15-23,26-32,41-44H,9-14,33-40H2,1-8H3. The number of ether oxygens (including phenoxy) is 2. The van der Waals surface area contributed by atoms with Crippen LogP contribution >= 0.6 is 45.3 Å². The van der Waals surface area contributed by atoms with Crippen molar-refractivity contribution in [3.63, 3.8) is 0 Å². The van der Waals surface area contributed by atoms with Crippen LogP contribution in [0, 0.1) is 42.4 Å². The van der Waals surface area contributed by atoms with Crippen molar-refractivity contribution in [3.05, 3.63) is 145 Å². The molecular weight excluding hydrogens is 965 g/mol. The van der Waals surface area contributed by atoms with Gasteiger partial charge >= 0.3 is 0 Å². The summed E-state index contributed by atoms with van der Waals surface area (Å²) in [7, 11) is 0. The Balaban J connectivity index is 0.954. The topological polar surface area (TPSA) is 59.1 Å². The Bertz CT molecular complexity index is 2900. The van der Waals surface area contributed by atoms with E-state index in [1.807, 2.05) is 52.3 Å². The summed E-state index contributed by atoms with van der Waals surface area (Å²) >= 11 is 6.82. The molecule has 2 unspecified atom stereocenters. The van der Waals surface area contributed by atoms with Crippen LogP contribution in [0.3, 0.4) is 0 Å². The monoisotopic (exact) mass is 1040 g/mol. The predicted octanol–water partition coefficient (Wildman–Crippen LogP) is 16.6. The third-order valence-electron chi connectivity index (χ3n) is 13.8. The van der Waals surface area contributed by atoms with Crippen LogP contribution in [0.1, 0.15) is 130 Å². The number of amides is 2. The van der Waals surface area contributed by atoms with Gasteiger partial charge in [0.05, 0.1) is 44.7 Å². The molecule has 0 fully saturated rings. The van der Waals surface area contributed by atoms with E-state index in [0.29, 0.717) is 67.8 Å². The number of nitrogens with zero attached hydrogens (tertiary/aromatic N) is 2. The molecule has 2 amide bonds. The molecule has 0 saturated heterocycles. The second-order valence-corrected chi connectivity index (χ2v) is 25.2. The van der Waals surface area contributed by atoms with Gasteiger partial charge in [0.2, 0.25) is 0 Å². The summed E-state index contributed by atoms with van der Waals surface area (Å²) in [6.07, 6.45) is 11.0. The Kier molecular flexibility index (Phi) is 18.6. The van der Waals surface area contributed by atoms with E-state index in [9.17, 15) is 9.59 Å². The number of hydrogen-bond donors (Lipinski definition) is 0. The van der Waals surface area contributed by atoms with Crippen LogP contribution < -0.4 is 9.47 Å². The molecule has 10 heteroatoms. The minimum absolute atomic E-state index is 0.110. The molecule has 6 heterocycles. The van der Waals surface area contributed by atoms with Crippen molar-refractivity contribution in [1.29, 1.82) is 0 Å². The van der Waals surface area contributed by atoms with Crippen molar-refractivity contribution < 1.29 is 19.1 Å². The fourth-order valence-corrected chi connectivity index (χ4v) is 13.3. The Morgan fingerprint density at radius 3 is 1.42 bits per heavy atom. The zero-order valence-electron chi connectivity index (χ0n) is 43.6. The van der Waals surface area contributed by atoms with E-state index in [2.05, 4.69) is 133 Å². The van der Waals surface area contributed by atoms with Crippen molar-refractivity contribution >= 4 is 62.9 Å². The lowest BCUT2D eigenvalue weighted by atomic mass is 9.98. The van der Waals surface area contributed by atoms with Crippen LogP contribution in [0.2, 0.25) is 0 Å². The van der Waals surface area contributed by atoms with Gasteiger partial charge in [-0.15, -0.1) is 45.3 Å². The van der Waals surface area contributed by atoms with Crippen molar-refractivity contribution in [2.45, 2.75) is 120 Å². The van der Waals surface area contributed by atoms with Gasteiger partial charge in [-0.1, -0.05) is 104 Å². The highest BCUT2D eigenvalue weighted by Crippen LogP contribution is 2.47. The lowest BCUT2D eigenvalue weighted by Crippen LogP contribution is -2.31. The zero-order chi connectivity index (χ0) is 50.7. The highest BCUT2D eigenvalue weighted by molar-refractivity contribution is 7.23. The average Bonchev–Trinajstić information content (AvgIpc) is 4.23. The molecule has 2 aromatic carbocycles. The van der Waals surface area contributed by atoms with Gasteiger partial charge in [0.1, 0.15) is 11.5 Å². The molecule has 0 spiro atoms. The largest absolute Gasteiger partial charge is 0.494 e. The molecule has 72 heavy (non-hydrogen) atoms. The fraction of sp³-hybridized carbons (Fsp3) is 0.419. The summed E-state index contributed by atoms with van der Waals surface area (Å²) < 4.78 is 12.3. The smallest absolute Gasteiger partial charge is 0.261 e. The predicted molar refractivity (Wildman–Crippen MR) is 305 cm³/mol. The number of carbonyl (C=O) groups is 2. The third-order valence-corrected chi connectivity index (χ3v) is 18.3. The highest BCUT2D eigenvalue weighted by atomic mass is 32.1. The van der Waals surface area contributed by atoms with E-state index < -0.39 is 0 Å². The summed E-state index contributed by atoms with van der Waals surface area (Å²) in [6, 6.07) is 33.6. The van der Waals surface area contributed by atoms with Crippen molar-refractivity contribution in [2.75, 3.05) is 26.3 Å². The normalized spacial score (nSPS) is 14.5. The van der Waals surface area contributed by atoms with Gasteiger partial charge in [0.25, 0.3) is 11.8 Å². The van der Waals surface area contributed by atoms with E-state index in [4.69, 9.17) is 9.47 Å². The summed E-state index contributed by atoms with van der Waals surface area (Å²) in [5, 5.41) is 0. The molecule has 6 aromatic rings. The number of aryl methyl sites for hydroxylation is 1. The molecular formula is C62H72N2O4S4. The van der Waals surface area contributed by atoms with Crippen molar-refractivity contribution in [3.8, 4) is 42.8 Å². The van der Waals surface area contributed by atoms with Crippen molar-refractivity contribution in [1.82, 2.24) is 9.80 Å². The quantitative estimate of drug-likeness (QED) is 0.0536. The molecule has 4 aromatic heterocycles. The van der Waals surface area contributed by atoms with E-state index in [0.717, 1.165) is 77.4 Å². The molecule has 0 saturated carbocycles. The average molecular weight is 1040 g/mol. The summed E-state index contributed by atoms with van der Waals surface area (Å²) in [5.41, 5.74) is 4.70. The first-order chi connectivity index (χ1) is 34.8. The van der Waals surface area contributed by atoms with Gasteiger partial charge in [-0.3, -0.25) is 9.59 Å². The molecule has 378 valence electrons. The van der Waals surface area contributed by atoms with Gasteiger partial charge in [0.15, 0.2) is 0 Å². The summed E-state index contributed by atoms with van der Waals surface area (Å²) in [5.74, 6) is 11.1. The lowest BCUT2D eigenvalue weighted by Gasteiger charge is -2.23. The molecule has 0 N–H and O–H groups in total. The van der Waals surface area contributed by atoms with E-state index in [-0.39, 0.29) is 11.8 Å². The molecule has 2 aliphatic rings. The Morgan fingerprint density at radius 2 is 0.917 bits per heavy atom. The SMILES string of the molecule is CC1=C2C(=O)N(CCc3ccc(OCCC(C)CCCC(C)C)cc3)C(c3ccc(-c4ccc(C#Cc5ccc(-c6ccc(C)s6)s5)s4)s3)=C2C(=O)N1CCc1ccc(OCCC(C)CCCC(C)C)cc1. The van der Waals surface area contributed by atoms with E-state index >= 15 is 0 Å². The van der Waals surface area contributed by atoms with E-state index in [1.54, 1.807) is 34.0 Å². The summed E-state index contributed by atoms with van der Waals surface area (Å²) in [4.78, 5) is 42.0. The number of thiophene rings is 4. The lowest BCUT2D eigenvalue weighted by molar-refractivity contribution is -0.124. The first-order valence-corrected chi connectivity index (χ1v) is 29.5. The zero-order valence-corrected chi connectivity index (χ0v) is 46.9. The summed E-state index contributed by atoms with van der Waals surface area (Å²) in [6.45, 7) is 20.2. The first-order valence-electron chi connectivity index (χ1n) is 26.2. The number of benzene rings is 2. The molecule has 0 bridgehead atoms. The maximum atomic E-state index is 14.7. The second kappa shape index (κ2) is 25.2. The van der Waals surface area contributed by atoms with Gasteiger partial charge in [0, 0.05) is 43.2 Å². The maximum absolute atomic E-state index is 14.7. The third kappa shape index (κ3) is 13.9. The van der Waals surface area contributed by atoms with Gasteiger partial charge in [-0.05, 0) is 159 Å². The Labute approximate surface area is 445 Å². The molecule has 2 atom stereocenters. The van der Waals surface area contributed by atoms with Gasteiger partial charge < -0.3 is 19.3 Å². The van der Waals surface area contributed by atoms with Crippen LogP contribution in [0.15, 0.2) is 114 Å². The Morgan fingerprint density at radius 1 is 0.472 bits per heavy atom. The second-order valence-electron chi connectivity index (χ2n) is 20.7. The van der Waals surface area contributed by atoms with Crippen LogP contribution in [0.25, 0.3) is 25.2 Å². The number of allylic oxidation sites excluding steroid dienone is 1. The van der Waals surface area contributed by atoms with Crippen LogP contribution in [-0.2, 0) is 22.4 Å². The number of fused-ring (bicyclic) bond motifs is 1. The Hall–Kier alpha value is -5.18. The number of carbonyl (C=O) groups excluding carboxylic acids is 2. The van der Waals surface area contributed by atoms with Gasteiger partial charge in [-0.25, -0.2) is 0 Å². The minimum atomic E-state index is -0.110. The van der Waals surface area contributed by atoms with Crippen LogP contribution in [0.5, 0.6) is 11.5 Å². The molecule has 0 radical (unpaired) electrons. The fourth-order valence-electron chi connectivity index (χ4n) is 9.44. The highest BCUT2D eigenvalue weighted by Gasteiger charge is 2.47. The minimum Gasteiger partial charge on any atom is -0.494 e. The first kappa shape index (κ1) is 53.1. The number of rotatable bonds is 25. The molecule has 8 rings (SSSR count). The molecule has 0 aliphatic carbocycles. The molecule has 6 nitrogen and oxygen atoms in total. The van der Waals surface area contributed by atoms with Crippen molar-refractivity contribution in [2.24, 2.45) is 23.7 Å². The van der Waals surface area contributed by atoms with Crippen LogP contribution in [-0.4, -0.2) is 47.9 Å². The van der Waals surface area contributed by atoms with Gasteiger partial charge in [-0.2, -0.15) is 0 Å². The van der Waals surface area contributed by atoms with Crippen LogP contribution in [0.4, 0.5) is 0 Å². The number of hydrogen-bond acceptors (Lipinski definition) is 8. The van der Waals surface area contributed by atoms with E-state index in [1.165, 1.54) is 53.2 Å². The maximum Gasteiger partial charge on any atom is 0.261 e. The molecule has 2 aliphatic heterocycles.